The second kappa shape index (κ2) is 6.97. The Bertz CT molecular complexity index is 1300. The fraction of sp³-hybridized carbons (Fsp3) is 0.0909. The van der Waals surface area contributed by atoms with Crippen molar-refractivity contribution in [1.82, 2.24) is 15.0 Å². The number of H-pyrrole nitrogens is 1. The summed E-state index contributed by atoms with van der Waals surface area (Å²) in [5, 5.41) is 13.0. The van der Waals surface area contributed by atoms with E-state index in [9.17, 15) is 10.1 Å². The first-order valence-electron chi connectivity index (χ1n) is 8.79. The predicted octanol–water partition coefficient (Wildman–Crippen LogP) is 3.87. The van der Waals surface area contributed by atoms with Crippen molar-refractivity contribution in [2.45, 2.75) is 6.92 Å². The number of nitriles is 1. The lowest BCUT2D eigenvalue weighted by atomic mass is 9.94. The molecule has 4 aromatic rings. The predicted molar refractivity (Wildman–Crippen MR) is 110 cm³/mol. The van der Waals surface area contributed by atoms with E-state index in [0.29, 0.717) is 28.1 Å². The standard InChI is InChI=1S/C22H17N5O/c1-13-15(12-23)4-3-5-16(13)21-17(14-6-8-25-20(10-14)24-2)11-18-19(28)7-9-26-22(18)27-21/h3-11H,1-2H3,(H,24,25)(H,26,27,28). The molecule has 4 rings (SSSR count). The van der Waals surface area contributed by atoms with E-state index in [1.165, 1.54) is 6.07 Å². The van der Waals surface area contributed by atoms with E-state index in [2.05, 4.69) is 21.4 Å². The van der Waals surface area contributed by atoms with Crippen LogP contribution in [0.15, 0.2) is 59.7 Å². The monoisotopic (exact) mass is 367 g/mol. The zero-order chi connectivity index (χ0) is 19.7. The summed E-state index contributed by atoms with van der Waals surface area (Å²) < 4.78 is 0. The van der Waals surface area contributed by atoms with Crippen LogP contribution in [0.2, 0.25) is 0 Å². The quantitative estimate of drug-likeness (QED) is 0.573. The van der Waals surface area contributed by atoms with Gasteiger partial charge in [0.25, 0.3) is 0 Å². The molecule has 0 radical (unpaired) electrons. The highest BCUT2D eigenvalue weighted by molar-refractivity contribution is 5.91. The molecule has 0 aliphatic carbocycles. The number of aromatic amines is 1. The van der Waals surface area contributed by atoms with Gasteiger partial charge in [-0.05, 0) is 42.3 Å². The van der Waals surface area contributed by atoms with Crippen LogP contribution in [-0.2, 0) is 0 Å². The minimum absolute atomic E-state index is 0.0977. The lowest BCUT2D eigenvalue weighted by Crippen LogP contribution is -2.04. The van der Waals surface area contributed by atoms with Gasteiger partial charge in [-0.15, -0.1) is 0 Å². The van der Waals surface area contributed by atoms with Gasteiger partial charge in [-0.3, -0.25) is 4.79 Å². The third kappa shape index (κ3) is 2.89. The molecule has 0 atom stereocenters. The molecule has 0 spiro atoms. The molecule has 28 heavy (non-hydrogen) atoms. The van der Waals surface area contributed by atoms with E-state index in [-0.39, 0.29) is 5.43 Å². The minimum atomic E-state index is -0.0977. The molecule has 2 N–H and O–H groups in total. The van der Waals surface area contributed by atoms with Crippen molar-refractivity contribution in [1.29, 1.82) is 5.26 Å². The summed E-state index contributed by atoms with van der Waals surface area (Å²) in [4.78, 5) is 24.5. The Hall–Kier alpha value is -3.98. The smallest absolute Gasteiger partial charge is 0.191 e. The lowest BCUT2D eigenvalue weighted by Gasteiger charge is -2.14. The highest BCUT2D eigenvalue weighted by Crippen LogP contribution is 2.35. The van der Waals surface area contributed by atoms with Crippen LogP contribution in [0.4, 0.5) is 5.82 Å². The molecule has 3 heterocycles. The molecule has 0 aliphatic rings. The summed E-state index contributed by atoms with van der Waals surface area (Å²) in [7, 11) is 1.80. The van der Waals surface area contributed by atoms with Crippen molar-refractivity contribution in [2.75, 3.05) is 12.4 Å². The molecule has 0 saturated carbocycles. The number of aromatic nitrogens is 3. The maximum atomic E-state index is 12.4. The van der Waals surface area contributed by atoms with E-state index in [1.807, 2.05) is 37.3 Å². The summed E-state index contributed by atoms with van der Waals surface area (Å²) in [6.07, 6.45) is 3.30. The molecule has 0 bridgehead atoms. The van der Waals surface area contributed by atoms with Crippen LogP contribution in [0.1, 0.15) is 11.1 Å². The summed E-state index contributed by atoms with van der Waals surface area (Å²) in [6.45, 7) is 1.91. The second-order valence-corrected chi connectivity index (χ2v) is 6.39. The van der Waals surface area contributed by atoms with Gasteiger partial charge in [-0.25, -0.2) is 9.97 Å². The van der Waals surface area contributed by atoms with Crippen LogP contribution in [0.25, 0.3) is 33.4 Å². The van der Waals surface area contributed by atoms with Crippen LogP contribution in [-0.4, -0.2) is 22.0 Å². The third-order valence-electron chi connectivity index (χ3n) is 4.78. The van der Waals surface area contributed by atoms with Gasteiger partial charge in [-0.1, -0.05) is 12.1 Å². The highest BCUT2D eigenvalue weighted by Gasteiger charge is 2.16. The van der Waals surface area contributed by atoms with Crippen molar-refractivity contribution >= 4 is 16.9 Å². The second-order valence-electron chi connectivity index (χ2n) is 6.39. The number of benzene rings is 1. The van der Waals surface area contributed by atoms with Crippen LogP contribution >= 0.6 is 0 Å². The molecule has 136 valence electrons. The minimum Gasteiger partial charge on any atom is -0.373 e. The molecule has 0 amide bonds. The SMILES string of the molecule is CNc1cc(-c2cc3c(=O)cc[nH]c3nc2-c2cccc(C#N)c2C)ccn1. The van der Waals surface area contributed by atoms with Crippen molar-refractivity contribution in [3.63, 3.8) is 0 Å². The summed E-state index contributed by atoms with van der Waals surface area (Å²) >= 11 is 0. The average molecular weight is 367 g/mol. The lowest BCUT2D eigenvalue weighted by molar-refractivity contribution is 1.26. The van der Waals surface area contributed by atoms with Crippen molar-refractivity contribution in [3.05, 3.63) is 76.2 Å². The molecule has 0 aliphatic heterocycles. The molecule has 6 heteroatoms. The average Bonchev–Trinajstić information content (AvgIpc) is 2.73. The topological polar surface area (TPSA) is 94.5 Å². The molecule has 3 aromatic heterocycles. The Morgan fingerprint density at radius 2 is 2.00 bits per heavy atom. The first-order chi connectivity index (χ1) is 13.6. The van der Waals surface area contributed by atoms with Gasteiger partial charge in [0.1, 0.15) is 11.5 Å². The van der Waals surface area contributed by atoms with Gasteiger partial charge in [0, 0.05) is 36.6 Å². The van der Waals surface area contributed by atoms with Gasteiger partial charge < -0.3 is 10.3 Å². The zero-order valence-corrected chi connectivity index (χ0v) is 15.4. The number of hydrogen-bond acceptors (Lipinski definition) is 5. The van der Waals surface area contributed by atoms with Crippen LogP contribution < -0.4 is 10.7 Å². The third-order valence-corrected chi connectivity index (χ3v) is 4.78. The van der Waals surface area contributed by atoms with E-state index >= 15 is 0 Å². The number of anilines is 1. The number of nitrogens with zero attached hydrogens (tertiary/aromatic N) is 3. The highest BCUT2D eigenvalue weighted by atomic mass is 16.1. The first-order valence-corrected chi connectivity index (χ1v) is 8.79. The van der Waals surface area contributed by atoms with E-state index < -0.39 is 0 Å². The fourth-order valence-electron chi connectivity index (χ4n) is 3.27. The number of rotatable bonds is 3. The van der Waals surface area contributed by atoms with Gasteiger partial charge in [0.2, 0.25) is 0 Å². The Kier molecular flexibility index (Phi) is 4.34. The van der Waals surface area contributed by atoms with Crippen LogP contribution in [0.3, 0.4) is 0 Å². The Morgan fingerprint density at radius 1 is 1.14 bits per heavy atom. The van der Waals surface area contributed by atoms with E-state index in [0.717, 1.165) is 22.3 Å². The maximum Gasteiger partial charge on any atom is 0.191 e. The van der Waals surface area contributed by atoms with Crippen molar-refractivity contribution in [3.8, 4) is 28.5 Å². The number of fused-ring (bicyclic) bond motifs is 1. The van der Waals surface area contributed by atoms with Crippen molar-refractivity contribution < 1.29 is 0 Å². The summed E-state index contributed by atoms with van der Waals surface area (Å²) in [5.41, 5.74) is 5.10. The van der Waals surface area contributed by atoms with Gasteiger partial charge >= 0.3 is 0 Å². The summed E-state index contributed by atoms with van der Waals surface area (Å²) in [5.74, 6) is 0.716. The first kappa shape index (κ1) is 17.4. The van der Waals surface area contributed by atoms with E-state index in [1.54, 1.807) is 25.5 Å². The maximum absolute atomic E-state index is 12.4. The van der Waals surface area contributed by atoms with Crippen molar-refractivity contribution in [2.24, 2.45) is 0 Å². The van der Waals surface area contributed by atoms with Gasteiger partial charge in [-0.2, -0.15) is 5.26 Å². The molecular weight excluding hydrogens is 350 g/mol. The Balaban J connectivity index is 2.10. The molecule has 0 fully saturated rings. The largest absolute Gasteiger partial charge is 0.373 e. The van der Waals surface area contributed by atoms with Crippen LogP contribution in [0.5, 0.6) is 0 Å². The Labute approximate surface area is 161 Å². The van der Waals surface area contributed by atoms with Crippen LogP contribution in [0, 0.1) is 18.3 Å². The molecule has 1 aromatic carbocycles. The number of pyridine rings is 3. The fourth-order valence-corrected chi connectivity index (χ4v) is 3.27. The molecule has 0 unspecified atom stereocenters. The Morgan fingerprint density at radius 3 is 2.79 bits per heavy atom. The number of nitrogens with one attached hydrogen (secondary N) is 2. The van der Waals surface area contributed by atoms with Gasteiger partial charge in [0.15, 0.2) is 5.43 Å². The van der Waals surface area contributed by atoms with E-state index in [4.69, 9.17) is 4.98 Å². The van der Waals surface area contributed by atoms with Gasteiger partial charge in [0.05, 0.1) is 22.7 Å². The summed E-state index contributed by atoms with van der Waals surface area (Å²) in [6, 6.07) is 14.9. The zero-order valence-electron chi connectivity index (χ0n) is 15.4. The molecular formula is C22H17N5O. The molecule has 0 saturated heterocycles. The number of hydrogen-bond donors (Lipinski definition) is 2. The normalized spacial score (nSPS) is 10.6. The molecule has 6 nitrogen and oxygen atoms in total.